The molecule has 0 bridgehead atoms. The lowest BCUT2D eigenvalue weighted by molar-refractivity contribution is 0.102. The number of benzene rings is 1. The molecule has 3 N–H and O–H groups in total. The first-order chi connectivity index (χ1) is 13.1. The molecule has 0 fully saturated rings. The number of amides is 1. The van der Waals surface area contributed by atoms with Crippen molar-refractivity contribution in [2.45, 2.75) is 20.0 Å². The molecule has 0 aliphatic heterocycles. The molecule has 3 heterocycles. The maximum absolute atomic E-state index is 12.5. The van der Waals surface area contributed by atoms with Crippen molar-refractivity contribution in [1.82, 2.24) is 20.2 Å². The number of nitrogens with one attached hydrogen (secondary N) is 3. The van der Waals surface area contributed by atoms with E-state index in [4.69, 9.17) is 4.74 Å². The number of carbonyl (C=O) groups excluding carboxylic acids is 1. The zero-order valence-corrected chi connectivity index (χ0v) is 15.0. The van der Waals surface area contributed by atoms with Gasteiger partial charge in [0.05, 0.1) is 17.4 Å². The van der Waals surface area contributed by atoms with Crippen molar-refractivity contribution in [3.63, 3.8) is 0 Å². The van der Waals surface area contributed by atoms with Gasteiger partial charge in [0.1, 0.15) is 11.4 Å². The van der Waals surface area contributed by atoms with Crippen LogP contribution in [0.1, 0.15) is 24.2 Å². The van der Waals surface area contributed by atoms with Crippen molar-refractivity contribution >= 4 is 22.6 Å². The van der Waals surface area contributed by atoms with E-state index in [0.717, 1.165) is 22.5 Å². The molecule has 0 saturated heterocycles. The predicted octanol–water partition coefficient (Wildman–Crippen LogP) is 3.99. The van der Waals surface area contributed by atoms with Gasteiger partial charge < -0.3 is 15.0 Å². The first-order valence-corrected chi connectivity index (χ1v) is 8.66. The summed E-state index contributed by atoms with van der Waals surface area (Å²) in [5.74, 6) is 0.568. The molecule has 4 aromatic rings. The summed E-state index contributed by atoms with van der Waals surface area (Å²) in [7, 11) is 0. The van der Waals surface area contributed by atoms with Gasteiger partial charge in [-0.15, -0.1) is 0 Å². The van der Waals surface area contributed by atoms with Gasteiger partial charge in [0.25, 0.3) is 5.91 Å². The molecule has 4 rings (SSSR count). The summed E-state index contributed by atoms with van der Waals surface area (Å²) in [4.78, 5) is 19.9. The predicted molar refractivity (Wildman–Crippen MR) is 104 cm³/mol. The van der Waals surface area contributed by atoms with Crippen LogP contribution in [0.4, 0.5) is 5.69 Å². The van der Waals surface area contributed by atoms with Gasteiger partial charge in [-0.05, 0) is 56.3 Å². The molecule has 0 saturated carbocycles. The molecule has 0 spiro atoms. The smallest absolute Gasteiger partial charge is 0.257 e. The van der Waals surface area contributed by atoms with Gasteiger partial charge in [-0.25, -0.2) is 4.98 Å². The average Bonchev–Trinajstić information content (AvgIpc) is 3.29. The summed E-state index contributed by atoms with van der Waals surface area (Å²) >= 11 is 0. The summed E-state index contributed by atoms with van der Waals surface area (Å²) in [6, 6.07) is 12.9. The highest BCUT2D eigenvalue weighted by atomic mass is 16.5. The number of aromatic nitrogens is 4. The van der Waals surface area contributed by atoms with Crippen molar-refractivity contribution in [1.29, 1.82) is 0 Å². The second-order valence-electron chi connectivity index (χ2n) is 6.42. The van der Waals surface area contributed by atoms with Crippen molar-refractivity contribution in [2.24, 2.45) is 0 Å². The molecule has 7 nitrogen and oxygen atoms in total. The maximum atomic E-state index is 12.5. The van der Waals surface area contributed by atoms with Gasteiger partial charge in [-0.1, -0.05) is 0 Å². The highest BCUT2D eigenvalue weighted by Gasteiger charge is 2.14. The summed E-state index contributed by atoms with van der Waals surface area (Å²) in [6.45, 7) is 3.94. The highest BCUT2D eigenvalue weighted by molar-refractivity contribution is 6.05. The van der Waals surface area contributed by atoms with Crippen molar-refractivity contribution in [3.8, 4) is 17.1 Å². The standard InChI is InChI=1S/C20H19N5O2/c1-12(2)27-15-7-5-14(6-8-15)23-20(26)13-10-17(22-11-13)18-16-4-3-9-21-19(16)25-24-18/h3-12,22H,1-2H3,(H,23,26)(H,21,24,25). The monoisotopic (exact) mass is 361 g/mol. The fraction of sp³-hybridized carbons (Fsp3) is 0.150. The van der Waals surface area contributed by atoms with Crippen LogP contribution in [0.3, 0.4) is 0 Å². The molecule has 0 unspecified atom stereocenters. The number of nitrogens with zero attached hydrogens (tertiary/aromatic N) is 2. The highest BCUT2D eigenvalue weighted by Crippen LogP contribution is 2.25. The Balaban J connectivity index is 1.50. The van der Waals surface area contributed by atoms with Gasteiger partial charge in [-0.2, -0.15) is 5.10 Å². The summed E-state index contributed by atoms with van der Waals surface area (Å²) in [5, 5.41) is 11.0. The Morgan fingerprint density at radius 2 is 2.00 bits per heavy atom. The third-order valence-electron chi connectivity index (χ3n) is 4.02. The van der Waals surface area contributed by atoms with Crippen LogP contribution in [0.5, 0.6) is 5.75 Å². The van der Waals surface area contributed by atoms with E-state index in [0.29, 0.717) is 16.9 Å². The van der Waals surface area contributed by atoms with Gasteiger partial charge in [-0.3, -0.25) is 9.89 Å². The number of carbonyl (C=O) groups is 1. The Hall–Kier alpha value is -3.61. The Labute approximate surface area is 155 Å². The van der Waals surface area contributed by atoms with Gasteiger partial charge in [0, 0.05) is 23.5 Å². The molecule has 0 aliphatic rings. The molecule has 1 amide bonds. The number of H-pyrrole nitrogens is 2. The van der Waals surface area contributed by atoms with Crippen molar-refractivity contribution in [2.75, 3.05) is 5.32 Å². The summed E-state index contributed by atoms with van der Waals surface area (Å²) in [5.41, 5.74) is 3.41. The Morgan fingerprint density at radius 3 is 2.78 bits per heavy atom. The van der Waals surface area contributed by atoms with E-state index >= 15 is 0 Å². The quantitative estimate of drug-likeness (QED) is 0.501. The van der Waals surface area contributed by atoms with Crippen LogP contribution in [-0.2, 0) is 0 Å². The number of hydrogen-bond donors (Lipinski definition) is 3. The minimum Gasteiger partial charge on any atom is -0.491 e. The largest absolute Gasteiger partial charge is 0.491 e. The molecular weight excluding hydrogens is 342 g/mol. The van der Waals surface area contributed by atoms with Crippen LogP contribution >= 0.6 is 0 Å². The average molecular weight is 361 g/mol. The van der Waals surface area contributed by atoms with E-state index in [1.807, 2.05) is 50.2 Å². The molecular formula is C20H19N5O2. The van der Waals surface area contributed by atoms with Gasteiger partial charge >= 0.3 is 0 Å². The molecule has 1 aromatic carbocycles. The molecule has 7 heteroatoms. The lowest BCUT2D eigenvalue weighted by atomic mass is 10.2. The second kappa shape index (κ2) is 6.95. The molecule has 0 aliphatic carbocycles. The maximum Gasteiger partial charge on any atom is 0.257 e. The third kappa shape index (κ3) is 3.52. The van der Waals surface area contributed by atoms with E-state index < -0.39 is 0 Å². The van der Waals surface area contributed by atoms with Gasteiger partial charge in [0.15, 0.2) is 5.65 Å². The number of fused-ring (bicyclic) bond motifs is 1. The number of rotatable bonds is 5. The number of hydrogen-bond acceptors (Lipinski definition) is 4. The van der Waals surface area contributed by atoms with E-state index in [9.17, 15) is 4.79 Å². The van der Waals surface area contributed by atoms with Crippen LogP contribution in [-0.4, -0.2) is 32.2 Å². The minimum atomic E-state index is -0.201. The van der Waals surface area contributed by atoms with Crippen molar-refractivity contribution in [3.05, 3.63) is 60.4 Å². The van der Waals surface area contributed by atoms with Crippen LogP contribution in [0.25, 0.3) is 22.4 Å². The number of aromatic amines is 2. The normalized spacial score (nSPS) is 11.1. The topological polar surface area (TPSA) is 95.7 Å². The fourth-order valence-corrected chi connectivity index (χ4v) is 2.81. The molecule has 136 valence electrons. The van der Waals surface area contributed by atoms with Crippen molar-refractivity contribution < 1.29 is 9.53 Å². The van der Waals surface area contributed by atoms with Crippen LogP contribution in [0, 0.1) is 0 Å². The van der Waals surface area contributed by atoms with E-state index in [1.54, 1.807) is 18.5 Å². The lowest BCUT2D eigenvalue weighted by Gasteiger charge is -2.10. The Kier molecular flexibility index (Phi) is 4.33. The summed E-state index contributed by atoms with van der Waals surface area (Å²) < 4.78 is 5.61. The first kappa shape index (κ1) is 16.8. The third-order valence-corrected chi connectivity index (χ3v) is 4.02. The molecule has 0 radical (unpaired) electrons. The molecule has 0 atom stereocenters. The number of pyridine rings is 1. The van der Waals surface area contributed by atoms with E-state index in [1.165, 1.54) is 0 Å². The Bertz CT molecular complexity index is 1080. The second-order valence-corrected chi connectivity index (χ2v) is 6.42. The number of ether oxygens (including phenoxy) is 1. The van der Waals surface area contributed by atoms with E-state index in [2.05, 4.69) is 25.5 Å². The SMILES string of the molecule is CC(C)Oc1ccc(NC(=O)c2c[nH]c(-c3n[nH]c4ncccc34)c2)cc1. The Morgan fingerprint density at radius 1 is 1.19 bits per heavy atom. The van der Waals surface area contributed by atoms with Crippen LogP contribution < -0.4 is 10.1 Å². The number of anilines is 1. The lowest BCUT2D eigenvalue weighted by Crippen LogP contribution is -2.11. The molecule has 3 aromatic heterocycles. The zero-order valence-electron chi connectivity index (χ0n) is 15.0. The van der Waals surface area contributed by atoms with E-state index in [-0.39, 0.29) is 12.0 Å². The fourth-order valence-electron chi connectivity index (χ4n) is 2.81. The summed E-state index contributed by atoms with van der Waals surface area (Å²) in [6.07, 6.45) is 3.48. The first-order valence-electron chi connectivity index (χ1n) is 8.66. The van der Waals surface area contributed by atoms with Crippen LogP contribution in [0.2, 0.25) is 0 Å². The minimum absolute atomic E-state index is 0.108. The van der Waals surface area contributed by atoms with Gasteiger partial charge in [0.2, 0.25) is 0 Å². The molecule has 27 heavy (non-hydrogen) atoms. The van der Waals surface area contributed by atoms with Crippen LogP contribution in [0.15, 0.2) is 54.9 Å². The zero-order chi connectivity index (χ0) is 18.8.